The number of nitrogens with one attached hydrogen (secondary N) is 1. The molecule has 1 saturated heterocycles. The maximum atomic E-state index is 12.5. The van der Waals surface area contributed by atoms with Crippen LogP contribution in [0.5, 0.6) is 0 Å². The molecule has 2 aromatic rings. The van der Waals surface area contributed by atoms with Crippen molar-refractivity contribution in [1.29, 1.82) is 0 Å². The van der Waals surface area contributed by atoms with Gasteiger partial charge in [-0.3, -0.25) is 14.4 Å². The van der Waals surface area contributed by atoms with Gasteiger partial charge in [-0.15, -0.1) is 0 Å². The molecule has 142 valence electrons. The van der Waals surface area contributed by atoms with Crippen molar-refractivity contribution >= 4 is 11.8 Å². The summed E-state index contributed by atoms with van der Waals surface area (Å²) < 4.78 is 7.14. The number of amides is 2. The van der Waals surface area contributed by atoms with Crippen LogP contribution in [0.25, 0.3) is 0 Å². The molecule has 0 spiro atoms. The first-order valence-corrected chi connectivity index (χ1v) is 9.14. The zero-order chi connectivity index (χ0) is 19.1. The summed E-state index contributed by atoms with van der Waals surface area (Å²) in [4.78, 5) is 43.0. The highest BCUT2D eigenvalue weighted by Gasteiger charge is 2.43. The molecular weight excluding hydrogens is 348 g/mol. The average molecular weight is 370 g/mol. The zero-order valence-corrected chi connectivity index (χ0v) is 15.3. The third-order valence-corrected chi connectivity index (χ3v) is 5.15. The standard InChI is InChI=1S/C19H22N4O4/c1-11(2)20-18(25)15-10-23-8-12-7-22(9-14(12)17(23)21-19(15)26)16(24)6-13-4-3-5-27-13/h3-5,10-12,14H,6-9H2,1-2H3,(H,20,25)/t12-,14-/m1/s1. The third-order valence-electron chi connectivity index (χ3n) is 5.15. The van der Waals surface area contributed by atoms with E-state index in [1.807, 2.05) is 23.3 Å². The number of carbonyl (C=O) groups is 2. The van der Waals surface area contributed by atoms with Crippen LogP contribution < -0.4 is 10.9 Å². The lowest BCUT2D eigenvalue weighted by atomic mass is 9.99. The van der Waals surface area contributed by atoms with Gasteiger partial charge in [-0.25, -0.2) is 0 Å². The molecule has 0 bridgehead atoms. The molecule has 2 aliphatic heterocycles. The average Bonchev–Trinajstić information content (AvgIpc) is 3.29. The Hall–Kier alpha value is -2.90. The summed E-state index contributed by atoms with van der Waals surface area (Å²) in [6, 6.07) is 3.50. The van der Waals surface area contributed by atoms with Crippen molar-refractivity contribution in [3.8, 4) is 0 Å². The van der Waals surface area contributed by atoms with Gasteiger partial charge in [0.25, 0.3) is 11.5 Å². The van der Waals surface area contributed by atoms with Crippen molar-refractivity contribution in [2.24, 2.45) is 5.92 Å². The molecule has 27 heavy (non-hydrogen) atoms. The van der Waals surface area contributed by atoms with Crippen molar-refractivity contribution < 1.29 is 14.0 Å². The van der Waals surface area contributed by atoms with Crippen LogP contribution in [0.3, 0.4) is 0 Å². The molecule has 8 nitrogen and oxygen atoms in total. The van der Waals surface area contributed by atoms with E-state index >= 15 is 0 Å². The molecule has 0 radical (unpaired) electrons. The fourth-order valence-electron chi connectivity index (χ4n) is 3.92. The number of aromatic nitrogens is 2. The van der Waals surface area contributed by atoms with Crippen LogP contribution in [0.2, 0.25) is 0 Å². The number of likely N-dealkylation sites (tertiary alicyclic amines) is 1. The number of fused-ring (bicyclic) bond motifs is 3. The van der Waals surface area contributed by atoms with E-state index in [2.05, 4.69) is 10.3 Å². The van der Waals surface area contributed by atoms with Crippen molar-refractivity contribution in [2.45, 2.75) is 38.8 Å². The van der Waals surface area contributed by atoms with Crippen LogP contribution >= 0.6 is 0 Å². The molecule has 4 heterocycles. The summed E-state index contributed by atoms with van der Waals surface area (Å²) in [5, 5.41) is 2.73. The number of rotatable bonds is 4. The van der Waals surface area contributed by atoms with E-state index in [0.29, 0.717) is 31.2 Å². The smallest absolute Gasteiger partial charge is 0.285 e. The second kappa shape index (κ2) is 6.68. The number of furan rings is 1. The van der Waals surface area contributed by atoms with E-state index < -0.39 is 11.5 Å². The monoisotopic (exact) mass is 370 g/mol. The molecule has 0 aliphatic carbocycles. The van der Waals surface area contributed by atoms with Gasteiger partial charge in [-0.1, -0.05) is 0 Å². The van der Waals surface area contributed by atoms with Crippen molar-refractivity contribution in [1.82, 2.24) is 19.8 Å². The molecule has 1 N–H and O–H groups in total. The van der Waals surface area contributed by atoms with Crippen LogP contribution in [0, 0.1) is 5.92 Å². The third kappa shape index (κ3) is 3.27. The summed E-state index contributed by atoms with van der Waals surface area (Å²) in [7, 11) is 0. The quantitative estimate of drug-likeness (QED) is 0.857. The van der Waals surface area contributed by atoms with Gasteiger partial charge < -0.3 is 19.2 Å². The number of hydrogen-bond donors (Lipinski definition) is 1. The van der Waals surface area contributed by atoms with Crippen LogP contribution in [-0.4, -0.2) is 45.4 Å². The lowest BCUT2D eigenvalue weighted by Gasteiger charge is -2.18. The van der Waals surface area contributed by atoms with Gasteiger partial charge in [0.05, 0.1) is 12.7 Å². The van der Waals surface area contributed by atoms with Gasteiger partial charge >= 0.3 is 0 Å². The minimum atomic E-state index is -0.514. The van der Waals surface area contributed by atoms with Crippen molar-refractivity contribution in [3.63, 3.8) is 0 Å². The Kier molecular flexibility index (Phi) is 4.33. The normalized spacial score (nSPS) is 20.6. The lowest BCUT2D eigenvalue weighted by Crippen LogP contribution is -2.36. The van der Waals surface area contributed by atoms with Gasteiger partial charge in [0.15, 0.2) is 0 Å². The van der Waals surface area contributed by atoms with E-state index in [4.69, 9.17) is 4.42 Å². The number of nitrogens with zero attached hydrogens (tertiary/aromatic N) is 3. The Morgan fingerprint density at radius 3 is 2.85 bits per heavy atom. The Balaban J connectivity index is 1.50. The number of hydrogen-bond acceptors (Lipinski definition) is 5. The van der Waals surface area contributed by atoms with Gasteiger partial charge in [0.1, 0.15) is 17.1 Å². The lowest BCUT2D eigenvalue weighted by molar-refractivity contribution is -0.129. The molecule has 2 aromatic heterocycles. The number of carbonyl (C=O) groups excluding carboxylic acids is 2. The molecule has 2 amide bonds. The fourth-order valence-corrected chi connectivity index (χ4v) is 3.92. The van der Waals surface area contributed by atoms with E-state index in [0.717, 1.165) is 0 Å². The van der Waals surface area contributed by atoms with Gasteiger partial charge in [-0.05, 0) is 26.0 Å². The molecule has 0 unspecified atom stereocenters. The molecule has 0 aromatic carbocycles. The molecular formula is C19H22N4O4. The Bertz CT molecular complexity index is 932. The highest BCUT2D eigenvalue weighted by atomic mass is 16.3. The minimum absolute atomic E-state index is 0.0150. The van der Waals surface area contributed by atoms with Gasteiger partial charge in [0, 0.05) is 43.7 Å². The maximum Gasteiger partial charge on any atom is 0.285 e. The predicted molar refractivity (Wildman–Crippen MR) is 96.3 cm³/mol. The SMILES string of the molecule is CC(C)NC(=O)c1cn2c(nc1=O)[C@@H]1CN(C(=O)Cc3ccco3)C[C@@H]1C2. The minimum Gasteiger partial charge on any atom is -0.469 e. The summed E-state index contributed by atoms with van der Waals surface area (Å²) in [5.41, 5.74) is -0.446. The van der Waals surface area contributed by atoms with Crippen molar-refractivity contribution in [3.05, 3.63) is 52.1 Å². The molecule has 2 atom stereocenters. The predicted octanol–water partition coefficient (Wildman–Crippen LogP) is 0.773. The van der Waals surface area contributed by atoms with E-state index in [1.54, 1.807) is 24.6 Å². The van der Waals surface area contributed by atoms with E-state index in [-0.39, 0.29) is 35.8 Å². The van der Waals surface area contributed by atoms with Crippen LogP contribution in [0.1, 0.15) is 41.7 Å². The van der Waals surface area contributed by atoms with Crippen molar-refractivity contribution in [2.75, 3.05) is 13.1 Å². The molecule has 0 saturated carbocycles. The molecule has 2 aliphatic rings. The Morgan fingerprint density at radius 1 is 1.33 bits per heavy atom. The molecule has 8 heteroatoms. The zero-order valence-electron chi connectivity index (χ0n) is 15.3. The van der Waals surface area contributed by atoms with Crippen LogP contribution in [0.15, 0.2) is 33.8 Å². The molecule has 4 rings (SSSR count). The summed E-state index contributed by atoms with van der Waals surface area (Å²) in [5.74, 6) is 1.17. The Labute approximate surface area is 156 Å². The first-order chi connectivity index (χ1) is 12.9. The van der Waals surface area contributed by atoms with E-state index in [1.165, 1.54) is 0 Å². The summed E-state index contributed by atoms with van der Waals surface area (Å²) in [6.07, 6.45) is 3.40. The summed E-state index contributed by atoms with van der Waals surface area (Å²) in [6.45, 7) is 5.49. The fraction of sp³-hybridized carbons (Fsp3) is 0.474. The summed E-state index contributed by atoms with van der Waals surface area (Å²) >= 11 is 0. The van der Waals surface area contributed by atoms with Gasteiger partial charge in [0.2, 0.25) is 5.91 Å². The topological polar surface area (TPSA) is 97.4 Å². The van der Waals surface area contributed by atoms with E-state index in [9.17, 15) is 14.4 Å². The second-order valence-corrected chi connectivity index (χ2v) is 7.52. The highest BCUT2D eigenvalue weighted by molar-refractivity contribution is 5.93. The molecule has 1 fully saturated rings. The first kappa shape index (κ1) is 17.5. The first-order valence-electron chi connectivity index (χ1n) is 9.14. The highest BCUT2D eigenvalue weighted by Crippen LogP contribution is 2.38. The van der Waals surface area contributed by atoms with Crippen LogP contribution in [0.4, 0.5) is 0 Å². The second-order valence-electron chi connectivity index (χ2n) is 7.52. The van der Waals surface area contributed by atoms with Gasteiger partial charge in [-0.2, -0.15) is 4.98 Å². The largest absolute Gasteiger partial charge is 0.469 e. The van der Waals surface area contributed by atoms with Crippen LogP contribution in [-0.2, 0) is 17.8 Å². The maximum absolute atomic E-state index is 12.5. The Morgan fingerprint density at radius 2 is 2.15 bits per heavy atom.